The van der Waals surface area contributed by atoms with Crippen molar-refractivity contribution < 1.29 is 4.79 Å². The topological polar surface area (TPSA) is 17.1 Å². The van der Waals surface area contributed by atoms with Crippen LogP contribution in [-0.4, -0.2) is 5.78 Å². The predicted octanol–water partition coefficient (Wildman–Crippen LogP) is 4.21. The maximum Gasteiger partial charge on any atom is 0.173 e. The molecule has 82 valence electrons. The minimum Gasteiger partial charge on any atom is -0.293 e. The van der Waals surface area contributed by atoms with Crippen molar-refractivity contribution in [1.29, 1.82) is 0 Å². The van der Waals surface area contributed by atoms with Gasteiger partial charge in [-0.05, 0) is 36.3 Å². The van der Waals surface area contributed by atoms with E-state index in [0.29, 0.717) is 5.78 Å². The van der Waals surface area contributed by atoms with Gasteiger partial charge in [0.1, 0.15) is 0 Å². The lowest BCUT2D eigenvalue weighted by atomic mass is 9.99. The standard InChI is InChI=1S/C13H18OS/c1-10-8-9-15-13(10)12(14)7-6-11-4-2-3-5-11/h8-9,11H,2-7H2,1H3. The van der Waals surface area contributed by atoms with E-state index in [0.717, 1.165) is 29.2 Å². The summed E-state index contributed by atoms with van der Waals surface area (Å²) in [6.45, 7) is 2.03. The molecule has 1 aromatic rings. The summed E-state index contributed by atoms with van der Waals surface area (Å²) in [4.78, 5) is 12.9. The van der Waals surface area contributed by atoms with Gasteiger partial charge in [0.2, 0.25) is 0 Å². The van der Waals surface area contributed by atoms with Gasteiger partial charge in [-0.15, -0.1) is 11.3 Å². The first-order valence-corrected chi connectivity index (χ1v) is 6.72. The van der Waals surface area contributed by atoms with E-state index in [2.05, 4.69) is 0 Å². The quantitative estimate of drug-likeness (QED) is 0.697. The fourth-order valence-electron chi connectivity index (χ4n) is 2.41. The van der Waals surface area contributed by atoms with E-state index in [9.17, 15) is 4.79 Å². The smallest absolute Gasteiger partial charge is 0.173 e. The number of carbonyl (C=O) groups excluding carboxylic acids is 1. The second-order valence-electron chi connectivity index (χ2n) is 4.55. The van der Waals surface area contributed by atoms with Crippen molar-refractivity contribution in [3.05, 3.63) is 21.9 Å². The van der Waals surface area contributed by atoms with Crippen molar-refractivity contribution in [2.24, 2.45) is 5.92 Å². The van der Waals surface area contributed by atoms with Crippen LogP contribution < -0.4 is 0 Å². The van der Waals surface area contributed by atoms with Crippen LogP contribution in [0.15, 0.2) is 11.4 Å². The number of thiophene rings is 1. The average molecular weight is 222 g/mol. The van der Waals surface area contributed by atoms with Crippen LogP contribution in [0.1, 0.15) is 53.8 Å². The molecule has 1 heterocycles. The van der Waals surface area contributed by atoms with E-state index in [1.54, 1.807) is 11.3 Å². The lowest BCUT2D eigenvalue weighted by molar-refractivity contribution is 0.0977. The zero-order chi connectivity index (χ0) is 10.7. The molecule has 0 aromatic carbocycles. The highest BCUT2D eigenvalue weighted by Gasteiger charge is 2.17. The number of aryl methyl sites for hydroxylation is 1. The van der Waals surface area contributed by atoms with Crippen molar-refractivity contribution in [2.75, 3.05) is 0 Å². The maximum atomic E-state index is 11.9. The van der Waals surface area contributed by atoms with E-state index in [1.165, 1.54) is 25.7 Å². The molecule has 0 atom stereocenters. The normalized spacial score (nSPS) is 17.1. The third-order valence-electron chi connectivity index (χ3n) is 3.37. The van der Waals surface area contributed by atoms with Crippen molar-refractivity contribution in [3.63, 3.8) is 0 Å². The molecule has 2 heteroatoms. The summed E-state index contributed by atoms with van der Waals surface area (Å²) in [5.74, 6) is 1.18. The Kier molecular flexibility index (Phi) is 3.57. The van der Waals surface area contributed by atoms with Crippen LogP contribution in [-0.2, 0) is 0 Å². The number of ketones is 1. The van der Waals surface area contributed by atoms with Gasteiger partial charge in [0.05, 0.1) is 4.88 Å². The Balaban J connectivity index is 1.84. The van der Waals surface area contributed by atoms with Crippen LogP contribution in [0.25, 0.3) is 0 Å². The minimum atomic E-state index is 0.356. The second kappa shape index (κ2) is 4.93. The zero-order valence-corrected chi connectivity index (χ0v) is 10.1. The third kappa shape index (κ3) is 2.69. The molecule has 2 rings (SSSR count). The van der Waals surface area contributed by atoms with E-state index < -0.39 is 0 Å². The van der Waals surface area contributed by atoms with Crippen LogP contribution >= 0.6 is 11.3 Å². The van der Waals surface area contributed by atoms with Crippen LogP contribution in [0, 0.1) is 12.8 Å². The molecule has 0 saturated heterocycles. The lowest BCUT2D eigenvalue weighted by Crippen LogP contribution is -2.02. The number of Topliss-reactive ketones (excluding diaryl/α,β-unsaturated/α-hetero) is 1. The van der Waals surface area contributed by atoms with Crippen LogP contribution in [0.3, 0.4) is 0 Å². The first-order valence-electron chi connectivity index (χ1n) is 5.84. The molecule has 0 radical (unpaired) electrons. The molecule has 0 aliphatic heterocycles. The van der Waals surface area contributed by atoms with Crippen molar-refractivity contribution in [2.45, 2.75) is 45.4 Å². The molecule has 0 bridgehead atoms. The highest BCUT2D eigenvalue weighted by Crippen LogP contribution is 2.29. The van der Waals surface area contributed by atoms with Crippen LogP contribution in [0.4, 0.5) is 0 Å². The summed E-state index contributed by atoms with van der Waals surface area (Å²) in [5, 5.41) is 2.01. The van der Waals surface area contributed by atoms with Gasteiger partial charge < -0.3 is 0 Å². The molecular formula is C13H18OS. The lowest BCUT2D eigenvalue weighted by Gasteiger charge is -2.07. The predicted molar refractivity (Wildman–Crippen MR) is 64.6 cm³/mol. The molecule has 0 unspecified atom stereocenters. The molecule has 1 aliphatic rings. The van der Waals surface area contributed by atoms with Gasteiger partial charge in [0, 0.05) is 6.42 Å². The number of hydrogen-bond donors (Lipinski definition) is 0. The fourth-order valence-corrected chi connectivity index (χ4v) is 3.30. The summed E-state index contributed by atoms with van der Waals surface area (Å²) in [5.41, 5.74) is 1.15. The summed E-state index contributed by atoms with van der Waals surface area (Å²) in [6, 6.07) is 2.04. The Morgan fingerprint density at radius 3 is 2.80 bits per heavy atom. The molecule has 1 aliphatic carbocycles. The Bertz CT molecular complexity index is 334. The van der Waals surface area contributed by atoms with Crippen molar-refractivity contribution in [1.82, 2.24) is 0 Å². The molecule has 0 N–H and O–H groups in total. The van der Waals surface area contributed by atoms with E-state index in [-0.39, 0.29) is 0 Å². The molecule has 1 saturated carbocycles. The summed E-state index contributed by atoms with van der Waals surface area (Å²) < 4.78 is 0. The molecular weight excluding hydrogens is 204 g/mol. The van der Waals surface area contributed by atoms with E-state index in [1.807, 2.05) is 18.4 Å². The average Bonchev–Trinajstić information content (AvgIpc) is 2.84. The molecule has 15 heavy (non-hydrogen) atoms. The van der Waals surface area contributed by atoms with E-state index in [4.69, 9.17) is 0 Å². The van der Waals surface area contributed by atoms with E-state index >= 15 is 0 Å². The monoisotopic (exact) mass is 222 g/mol. The Hall–Kier alpha value is -0.630. The SMILES string of the molecule is Cc1ccsc1C(=O)CCC1CCCC1. The van der Waals surface area contributed by atoms with Gasteiger partial charge in [-0.1, -0.05) is 25.7 Å². The highest BCUT2D eigenvalue weighted by atomic mass is 32.1. The van der Waals surface area contributed by atoms with Crippen LogP contribution in [0.5, 0.6) is 0 Å². The number of carbonyl (C=O) groups is 1. The first kappa shape index (κ1) is 10.9. The number of hydrogen-bond acceptors (Lipinski definition) is 2. The zero-order valence-electron chi connectivity index (χ0n) is 9.29. The Morgan fingerprint density at radius 1 is 1.47 bits per heavy atom. The van der Waals surface area contributed by atoms with Crippen molar-refractivity contribution >= 4 is 17.1 Å². The fraction of sp³-hybridized carbons (Fsp3) is 0.615. The van der Waals surface area contributed by atoms with Gasteiger partial charge in [-0.3, -0.25) is 4.79 Å². The van der Waals surface area contributed by atoms with Crippen molar-refractivity contribution in [3.8, 4) is 0 Å². The third-order valence-corrected chi connectivity index (χ3v) is 4.43. The van der Waals surface area contributed by atoms with Crippen LogP contribution in [0.2, 0.25) is 0 Å². The van der Waals surface area contributed by atoms with Gasteiger partial charge in [-0.2, -0.15) is 0 Å². The summed E-state index contributed by atoms with van der Waals surface area (Å²) in [7, 11) is 0. The highest BCUT2D eigenvalue weighted by molar-refractivity contribution is 7.12. The number of rotatable bonds is 4. The second-order valence-corrected chi connectivity index (χ2v) is 5.46. The minimum absolute atomic E-state index is 0.356. The summed E-state index contributed by atoms with van der Waals surface area (Å²) in [6.07, 6.45) is 7.30. The summed E-state index contributed by atoms with van der Waals surface area (Å²) >= 11 is 1.59. The van der Waals surface area contributed by atoms with Gasteiger partial charge in [0.15, 0.2) is 5.78 Å². The van der Waals surface area contributed by atoms with Gasteiger partial charge >= 0.3 is 0 Å². The Labute approximate surface area is 95.5 Å². The van der Waals surface area contributed by atoms with Gasteiger partial charge in [-0.25, -0.2) is 0 Å². The first-order chi connectivity index (χ1) is 7.27. The Morgan fingerprint density at radius 2 is 2.20 bits per heavy atom. The molecule has 0 spiro atoms. The van der Waals surface area contributed by atoms with Gasteiger partial charge in [0.25, 0.3) is 0 Å². The molecule has 1 aromatic heterocycles. The molecule has 1 fully saturated rings. The molecule has 1 nitrogen and oxygen atoms in total. The molecule has 0 amide bonds. The maximum absolute atomic E-state index is 11.9. The largest absolute Gasteiger partial charge is 0.293 e.